The highest BCUT2D eigenvalue weighted by Crippen LogP contribution is 2.35. The van der Waals surface area contributed by atoms with Gasteiger partial charge in [0.15, 0.2) is 0 Å². The standard InChI is InChI=1S/C10H19N3O.ClH/c1-6(11)10(14)13-8-2-3-9(13)5-7(12)4-8;/h6-9H,2-5,11-12H2,1H3;1H/t6?,7?,8-,9+;. The van der Waals surface area contributed by atoms with Crippen LogP contribution in [0.3, 0.4) is 0 Å². The zero-order chi connectivity index (χ0) is 10.3. The van der Waals surface area contributed by atoms with E-state index in [0.717, 1.165) is 25.7 Å². The van der Waals surface area contributed by atoms with Crippen molar-refractivity contribution in [2.75, 3.05) is 0 Å². The molecule has 2 aliphatic heterocycles. The topological polar surface area (TPSA) is 72.4 Å². The maximum absolute atomic E-state index is 11.8. The first kappa shape index (κ1) is 12.7. The number of nitrogens with zero attached hydrogens (tertiary/aromatic N) is 1. The first-order valence-electron chi connectivity index (χ1n) is 5.43. The number of fused-ring (bicyclic) bond motifs is 2. The Bertz CT molecular complexity index is 233. The third-order valence-corrected chi connectivity index (χ3v) is 3.41. The molecule has 0 radical (unpaired) electrons. The van der Waals surface area contributed by atoms with Gasteiger partial charge in [0.25, 0.3) is 0 Å². The van der Waals surface area contributed by atoms with E-state index in [0.29, 0.717) is 12.1 Å². The minimum Gasteiger partial charge on any atom is -0.335 e. The summed E-state index contributed by atoms with van der Waals surface area (Å²) in [6, 6.07) is 0.640. The third kappa shape index (κ3) is 2.27. The van der Waals surface area contributed by atoms with Crippen LogP contribution in [0.1, 0.15) is 32.6 Å². The normalized spacial score (nSPS) is 35.9. The van der Waals surface area contributed by atoms with Gasteiger partial charge in [0.2, 0.25) is 5.91 Å². The predicted molar refractivity (Wildman–Crippen MR) is 61.8 cm³/mol. The lowest BCUT2D eigenvalue weighted by molar-refractivity contribution is -0.136. The zero-order valence-electron chi connectivity index (χ0n) is 9.06. The summed E-state index contributed by atoms with van der Waals surface area (Å²) >= 11 is 0. The lowest BCUT2D eigenvalue weighted by Gasteiger charge is -2.38. The van der Waals surface area contributed by atoms with Gasteiger partial charge in [0.05, 0.1) is 6.04 Å². The summed E-state index contributed by atoms with van der Waals surface area (Å²) in [4.78, 5) is 13.8. The van der Waals surface area contributed by atoms with Crippen LogP contribution in [0.5, 0.6) is 0 Å². The van der Waals surface area contributed by atoms with Crippen molar-refractivity contribution in [2.24, 2.45) is 11.5 Å². The number of nitrogens with two attached hydrogens (primary N) is 2. The number of hydrogen-bond acceptors (Lipinski definition) is 3. The predicted octanol–water partition coefficient (Wildman–Crippen LogP) is 0.236. The largest absolute Gasteiger partial charge is 0.335 e. The van der Waals surface area contributed by atoms with Gasteiger partial charge in [-0.1, -0.05) is 0 Å². The monoisotopic (exact) mass is 233 g/mol. The van der Waals surface area contributed by atoms with Crippen LogP contribution in [0.25, 0.3) is 0 Å². The fraction of sp³-hybridized carbons (Fsp3) is 0.900. The van der Waals surface area contributed by atoms with Crippen molar-refractivity contribution in [2.45, 2.75) is 56.8 Å². The summed E-state index contributed by atoms with van der Waals surface area (Å²) < 4.78 is 0. The first-order chi connectivity index (χ1) is 6.59. The van der Waals surface area contributed by atoms with Crippen LogP contribution in [0.4, 0.5) is 0 Å². The highest BCUT2D eigenvalue weighted by Gasteiger charge is 2.42. The molecule has 2 saturated heterocycles. The van der Waals surface area contributed by atoms with Crippen molar-refractivity contribution < 1.29 is 4.79 Å². The summed E-state index contributed by atoms with van der Waals surface area (Å²) in [5.41, 5.74) is 11.6. The lowest BCUT2D eigenvalue weighted by Crippen LogP contribution is -2.54. The van der Waals surface area contributed by atoms with Gasteiger partial charge in [-0.3, -0.25) is 4.79 Å². The van der Waals surface area contributed by atoms with E-state index in [-0.39, 0.29) is 30.4 Å². The van der Waals surface area contributed by atoms with Gasteiger partial charge in [-0.15, -0.1) is 12.4 Å². The van der Waals surface area contributed by atoms with Gasteiger partial charge in [0, 0.05) is 18.1 Å². The molecule has 1 amide bonds. The summed E-state index contributed by atoms with van der Waals surface area (Å²) in [5.74, 6) is 0.101. The van der Waals surface area contributed by atoms with Crippen LogP contribution in [0.15, 0.2) is 0 Å². The molecular formula is C10H20ClN3O. The van der Waals surface area contributed by atoms with Crippen LogP contribution in [0, 0.1) is 0 Å². The molecule has 15 heavy (non-hydrogen) atoms. The Balaban J connectivity index is 0.00000112. The second-order valence-electron chi connectivity index (χ2n) is 4.65. The molecule has 88 valence electrons. The van der Waals surface area contributed by atoms with Crippen molar-refractivity contribution in [3.63, 3.8) is 0 Å². The Kier molecular flexibility index (Phi) is 3.98. The number of carbonyl (C=O) groups excluding carboxylic acids is 1. The number of hydrogen-bond donors (Lipinski definition) is 2. The molecule has 4 N–H and O–H groups in total. The minimum atomic E-state index is -0.368. The molecule has 0 saturated carbocycles. The SMILES string of the molecule is CC(N)C(=O)N1[C@@H]2CC[C@H]1CC(N)C2.Cl. The smallest absolute Gasteiger partial charge is 0.239 e. The second kappa shape index (κ2) is 4.68. The number of amides is 1. The zero-order valence-corrected chi connectivity index (χ0v) is 9.87. The van der Waals surface area contributed by atoms with Crippen molar-refractivity contribution in [3.05, 3.63) is 0 Å². The Hall–Kier alpha value is -0.320. The third-order valence-electron chi connectivity index (χ3n) is 3.41. The summed E-state index contributed by atoms with van der Waals surface area (Å²) in [6.45, 7) is 1.76. The summed E-state index contributed by atoms with van der Waals surface area (Å²) in [7, 11) is 0. The van der Waals surface area contributed by atoms with E-state index in [4.69, 9.17) is 11.5 Å². The van der Waals surface area contributed by atoms with Gasteiger partial charge >= 0.3 is 0 Å². The minimum absolute atomic E-state index is 0. The quantitative estimate of drug-likeness (QED) is 0.682. The lowest BCUT2D eigenvalue weighted by atomic mass is 9.97. The van der Waals surface area contributed by atoms with Gasteiger partial charge in [-0.05, 0) is 32.6 Å². The number of halogens is 1. The summed E-state index contributed by atoms with van der Waals surface area (Å²) in [6.07, 6.45) is 4.12. The van der Waals surface area contributed by atoms with Crippen molar-refractivity contribution in [3.8, 4) is 0 Å². The molecule has 0 aromatic carbocycles. The van der Waals surface area contributed by atoms with E-state index in [2.05, 4.69) is 0 Å². The fourth-order valence-electron chi connectivity index (χ4n) is 2.81. The molecule has 4 nitrogen and oxygen atoms in total. The molecular weight excluding hydrogens is 214 g/mol. The van der Waals surface area contributed by atoms with Gasteiger partial charge in [-0.25, -0.2) is 0 Å². The fourth-order valence-corrected chi connectivity index (χ4v) is 2.81. The molecule has 0 spiro atoms. The maximum Gasteiger partial charge on any atom is 0.239 e. The van der Waals surface area contributed by atoms with Crippen LogP contribution >= 0.6 is 12.4 Å². The Labute approximate surface area is 96.8 Å². The van der Waals surface area contributed by atoms with Crippen LogP contribution in [-0.2, 0) is 4.79 Å². The van der Waals surface area contributed by atoms with E-state index < -0.39 is 0 Å². The number of carbonyl (C=O) groups is 1. The van der Waals surface area contributed by atoms with E-state index in [9.17, 15) is 4.79 Å². The van der Waals surface area contributed by atoms with Crippen molar-refractivity contribution in [1.82, 2.24) is 4.90 Å². The van der Waals surface area contributed by atoms with Gasteiger partial charge in [-0.2, -0.15) is 0 Å². The Morgan fingerprint density at radius 2 is 1.80 bits per heavy atom. The molecule has 2 fully saturated rings. The first-order valence-corrected chi connectivity index (χ1v) is 5.43. The van der Waals surface area contributed by atoms with E-state index >= 15 is 0 Å². The molecule has 0 aliphatic carbocycles. The van der Waals surface area contributed by atoms with Gasteiger partial charge in [0.1, 0.15) is 0 Å². The maximum atomic E-state index is 11.8. The van der Waals surface area contributed by atoms with Crippen molar-refractivity contribution in [1.29, 1.82) is 0 Å². The van der Waals surface area contributed by atoms with Crippen LogP contribution in [-0.4, -0.2) is 35.0 Å². The van der Waals surface area contributed by atoms with Gasteiger partial charge < -0.3 is 16.4 Å². The molecule has 2 rings (SSSR count). The molecule has 2 heterocycles. The molecule has 2 bridgehead atoms. The highest BCUT2D eigenvalue weighted by molar-refractivity contribution is 5.85. The molecule has 2 unspecified atom stereocenters. The van der Waals surface area contributed by atoms with Crippen LogP contribution < -0.4 is 11.5 Å². The number of piperidine rings is 1. The average molecular weight is 234 g/mol. The molecule has 2 aliphatic rings. The molecule has 4 atom stereocenters. The van der Waals surface area contributed by atoms with Crippen LogP contribution in [0.2, 0.25) is 0 Å². The number of rotatable bonds is 1. The van der Waals surface area contributed by atoms with E-state index in [1.54, 1.807) is 6.92 Å². The highest BCUT2D eigenvalue weighted by atomic mass is 35.5. The molecule has 0 aromatic heterocycles. The molecule has 0 aromatic rings. The van der Waals surface area contributed by atoms with E-state index in [1.807, 2.05) is 4.90 Å². The Morgan fingerprint density at radius 3 is 2.20 bits per heavy atom. The molecule has 5 heteroatoms. The Morgan fingerprint density at radius 1 is 1.33 bits per heavy atom. The second-order valence-corrected chi connectivity index (χ2v) is 4.65. The van der Waals surface area contributed by atoms with Crippen molar-refractivity contribution >= 4 is 18.3 Å². The average Bonchev–Trinajstić information content (AvgIpc) is 2.37. The van der Waals surface area contributed by atoms with E-state index in [1.165, 1.54) is 0 Å². The summed E-state index contributed by atoms with van der Waals surface area (Å²) in [5, 5.41) is 0.